The van der Waals surface area contributed by atoms with E-state index in [1.807, 2.05) is 31.1 Å². The molecule has 1 aliphatic heterocycles. The maximum atomic E-state index is 11.8. The first-order valence-electron chi connectivity index (χ1n) is 7.63. The molecule has 0 unspecified atom stereocenters. The van der Waals surface area contributed by atoms with Crippen LogP contribution in [-0.2, 0) is 4.74 Å². The van der Waals surface area contributed by atoms with Gasteiger partial charge in [0, 0.05) is 33.7 Å². The molecule has 0 aromatic carbocycles. The minimum Gasteiger partial charge on any atom is -0.379 e. The van der Waals surface area contributed by atoms with Crippen LogP contribution in [0.25, 0.3) is 0 Å². The van der Waals surface area contributed by atoms with Gasteiger partial charge in [-0.25, -0.2) is 9.78 Å². The molecule has 0 spiro atoms. The first-order valence-corrected chi connectivity index (χ1v) is 7.63. The zero-order chi connectivity index (χ0) is 15.8. The Hall–Kier alpha value is -1.86. The Balaban J connectivity index is 1.62. The first kappa shape index (κ1) is 16.5. The summed E-state index contributed by atoms with van der Waals surface area (Å²) in [6.45, 7) is 5.23. The number of hydrogen-bond donors (Lipinski definition) is 2. The molecule has 1 aromatic rings. The number of aromatic nitrogens is 1. The largest absolute Gasteiger partial charge is 0.379 e. The second-order valence-corrected chi connectivity index (χ2v) is 5.49. The smallest absolute Gasteiger partial charge is 0.319 e. The molecule has 7 nitrogen and oxygen atoms in total. The van der Waals surface area contributed by atoms with E-state index in [9.17, 15) is 4.79 Å². The highest BCUT2D eigenvalue weighted by Crippen LogP contribution is 2.11. The van der Waals surface area contributed by atoms with Gasteiger partial charge in [0.25, 0.3) is 0 Å². The molecule has 122 valence electrons. The van der Waals surface area contributed by atoms with Crippen molar-refractivity contribution in [2.45, 2.75) is 6.42 Å². The Kier molecular flexibility index (Phi) is 6.42. The zero-order valence-electron chi connectivity index (χ0n) is 13.3. The minimum absolute atomic E-state index is 0.193. The lowest BCUT2D eigenvalue weighted by Crippen LogP contribution is -2.38. The van der Waals surface area contributed by atoms with Gasteiger partial charge in [-0.05, 0) is 25.1 Å². The number of amides is 2. The predicted molar refractivity (Wildman–Crippen MR) is 87.5 cm³/mol. The van der Waals surface area contributed by atoms with Crippen LogP contribution in [-0.4, -0.2) is 69.4 Å². The quantitative estimate of drug-likeness (QED) is 0.767. The number of hydrogen-bond acceptors (Lipinski definition) is 5. The van der Waals surface area contributed by atoms with Crippen LogP contribution in [0.2, 0.25) is 0 Å². The molecule has 1 aliphatic rings. The van der Waals surface area contributed by atoms with Crippen LogP contribution < -0.4 is 15.5 Å². The van der Waals surface area contributed by atoms with Crippen molar-refractivity contribution in [3.8, 4) is 0 Å². The minimum atomic E-state index is -0.193. The molecule has 2 rings (SSSR count). The lowest BCUT2D eigenvalue weighted by Gasteiger charge is -2.26. The van der Waals surface area contributed by atoms with Crippen molar-refractivity contribution >= 4 is 17.5 Å². The third-order valence-corrected chi connectivity index (χ3v) is 3.50. The van der Waals surface area contributed by atoms with Crippen LogP contribution in [0.3, 0.4) is 0 Å². The molecule has 0 saturated carbocycles. The summed E-state index contributed by atoms with van der Waals surface area (Å²) in [4.78, 5) is 20.3. The average Bonchev–Trinajstić information content (AvgIpc) is 2.53. The van der Waals surface area contributed by atoms with Crippen molar-refractivity contribution in [1.82, 2.24) is 15.2 Å². The summed E-state index contributed by atoms with van der Waals surface area (Å²) in [5, 5.41) is 5.64. The van der Waals surface area contributed by atoms with E-state index in [4.69, 9.17) is 4.74 Å². The molecule has 1 aromatic heterocycles. The van der Waals surface area contributed by atoms with Gasteiger partial charge >= 0.3 is 6.03 Å². The summed E-state index contributed by atoms with van der Waals surface area (Å²) < 4.78 is 5.30. The maximum absolute atomic E-state index is 11.8. The van der Waals surface area contributed by atoms with Gasteiger partial charge in [-0.2, -0.15) is 0 Å². The normalized spacial score (nSPS) is 15.4. The van der Waals surface area contributed by atoms with Gasteiger partial charge in [-0.15, -0.1) is 0 Å². The SMILES string of the molecule is CN(C)c1ccc(NC(=O)NCCCN2CCOCC2)cn1. The van der Waals surface area contributed by atoms with Gasteiger partial charge in [0.05, 0.1) is 25.1 Å². The number of urea groups is 1. The number of pyridine rings is 1. The lowest BCUT2D eigenvalue weighted by atomic mass is 10.3. The summed E-state index contributed by atoms with van der Waals surface area (Å²) in [6, 6.07) is 3.52. The van der Waals surface area contributed by atoms with Crippen molar-refractivity contribution in [3.05, 3.63) is 18.3 Å². The molecule has 7 heteroatoms. The zero-order valence-corrected chi connectivity index (χ0v) is 13.3. The van der Waals surface area contributed by atoms with Crippen LogP contribution in [0.5, 0.6) is 0 Å². The third-order valence-electron chi connectivity index (χ3n) is 3.50. The van der Waals surface area contributed by atoms with E-state index < -0.39 is 0 Å². The van der Waals surface area contributed by atoms with E-state index >= 15 is 0 Å². The van der Waals surface area contributed by atoms with E-state index in [1.165, 1.54) is 0 Å². The highest BCUT2D eigenvalue weighted by molar-refractivity contribution is 5.89. The van der Waals surface area contributed by atoms with Crippen molar-refractivity contribution in [2.75, 3.05) is 63.7 Å². The molecule has 22 heavy (non-hydrogen) atoms. The molecule has 0 atom stereocenters. The topological polar surface area (TPSA) is 69.7 Å². The summed E-state index contributed by atoms with van der Waals surface area (Å²) in [7, 11) is 3.85. The molecule has 2 N–H and O–H groups in total. The second-order valence-electron chi connectivity index (χ2n) is 5.49. The summed E-state index contributed by atoms with van der Waals surface area (Å²) in [6.07, 6.45) is 2.59. The number of anilines is 2. The van der Waals surface area contributed by atoms with Gasteiger partial charge in [0.2, 0.25) is 0 Å². The second kappa shape index (κ2) is 8.55. The fourth-order valence-corrected chi connectivity index (χ4v) is 2.23. The number of carbonyl (C=O) groups excluding carboxylic acids is 1. The number of carbonyl (C=O) groups is 1. The molecule has 2 heterocycles. The van der Waals surface area contributed by atoms with E-state index in [0.29, 0.717) is 12.2 Å². The average molecular weight is 307 g/mol. The van der Waals surface area contributed by atoms with Crippen molar-refractivity contribution < 1.29 is 9.53 Å². The number of nitrogens with one attached hydrogen (secondary N) is 2. The third kappa shape index (κ3) is 5.50. The van der Waals surface area contributed by atoms with E-state index in [-0.39, 0.29) is 6.03 Å². The highest BCUT2D eigenvalue weighted by Gasteiger charge is 2.09. The van der Waals surface area contributed by atoms with Crippen LogP contribution in [0.15, 0.2) is 18.3 Å². The fourth-order valence-electron chi connectivity index (χ4n) is 2.23. The molecule has 0 aliphatic carbocycles. The van der Waals surface area contributed by atoms with Crippen LogP contribution in [0.4, 0.5) is 16.3 Å². The van der Waals surface area contributed by atoms with Gasteiger partial charge in [0.1, 0.15) is 5.82 Å². The summed E-state index contributed by atoms with van der Waals surface area (Å²) >= 11 is 0. The molecule has 0 bridgehead atoms. The number of ether oxygens (including phenoxy) is 1. The van der Waals surface area contributed by atoms with Crippen LogP contribution in [0.1, 0.15) is 6.42 Å². The van der Waals surface area contributed by atoms with E-state index in [0.717, 1.165) is 45.1 Å². The Labute approximate surface area is 131 Å². The number of rotatable bonds is 6. The molecular formula is C15H25N5O2. The standard InChI is InChI=1S/C15H25N5O2/c1-19(2)14-5-4-13(12-17-14)18-15(21)16-6-3-7-20-8-10-22-11-9-20/h4-5,12H,3,6-11H2,1-2H3,(H2,16,18,21). The highest BCUT2D eigenvalue weighted by atomic mass is 16.5. The summed E-state index contributed by atoms with van der Waals surface area (Å²) in [5.74, 6) is 0.858. The number of morpholine rings is 1. The van der Waals surface area contributed by atoms with Crippen molar-refractivity contribution in [2.24, 2.45) is 0 Å². The fraction of sp³-hybridized carbons (Fsp3) is 0.600. The van der Waals surface area contributed by atoms with E-state index in [2.05, 4.69) is 20.5 Å². The van der Waals surface area contributed by atoms with Gasteiger partial charge in [0.15, 0.2) is 0 Å². The Morgan fingerprint density at radius 2 is 2.14 bits per heavy atom. The molecule has 1 saturated heterocycles. The molecular weight excluding hydrogens is 282 g/mol. The Morgan fingerprint density at radius 1 is 1.36 bits per heavy atom. The maximum Gasteiger partial charge on any atom is 0.319 e. The van der Waals surface area contributed by atoms with Crippen LogP contribution in [0, 0.1) is 0 Å². The van der Waals surface area contributed by atoms with Crippen molar-refractivity contribution in [1.29, 1.82) is 0 Å². The number of nitrogens with zero attached hydrogens (tertiary/aromatic N) is 3. The van der Waals surface area contributed by atoms with Gasteiger partial charge < -0.3 is 20.3 Å². The predicted octanol–water partition coefficient (Wildman–Crippen LogP) is 0.991. The molecule has 2 amide bonds. The first-order chi connectivity index (χ1) is 10.6. The van der Waals surface area contributed by atoms with Crippen molar-refractivity contribution in [3.63, 3.8) is 0 Å². The van der Waals surface area contributed by atoms with Gasteiger partial charge in [-0.1, -0.05) is 0 Å². The molecule has 1 fully saturated rings. The monoisotopic (exact) mass is 307 g/mol. The van der Waals surface area contributed by atoms with E-state index in [1.54, 1.807) is 6.20 Å². The van der Waals surface area contributed by atoms with Gasteiger partial charge in [-0.3, -0.25) is 4.90 Å². The Bertz CT molecular complexity index is 458. The Morgan fingerprint density at radius 3 is 2.77 bits per heavy atom. The molecule has 0 radical (unpaired) electrons. The summed E-state index contributed by atoms with van der Waals surface area (Å²) in [5.41, 5.74) is 0.691. The lowest BCUT2D eigenvalue weighted by molar-refractivity contribution is 0.0375. The van der Waals surface area contributed by atoms with Crippen LogP contribution >= 0.6 is 0 Å².